The van der Waals surface area contributed by atoms with E-state index < -0.39 is 11.9 Å². The Kier molecular flexibility index (Phi) is 4.30. The number of carbonyl (C=O) groups excluding carboxylic acids is 2. The lowest BCUT2D eigenvalue weighted by atomic mass is 10.1. The zero-order valence-electron chi connectivity index (χ0n) is 8.62. The van der Waals surface area contributed by atoms with Crippen LogP contribution in [0.3, 0.4) is 0 Å². The first kappa shape index (κ1) is 12.5. The second-order valence-electron chi connectivity index (χ2n) is 2.96. The summed E-state index contributed by atoms with van der Waals surface area (Å²) in [6, 6.07) is 4.99. The molecule has 3 N–H and O–H groups in total. The molecule has 16 heavy (non-hydrogen) atoms. The molecule has 1 aromatic carbocycles. The normalized spacial score (nSPS) is 9.62. The van der Waals surface area contributed by atoms with E-state index in [-0.39, 0.29) is 6.54 Å². The number of methoxy groups -OCH3 is 1. The van der Waals surface area contributed by atoms with E-state index in [0.29, 0.717) is 15.7 Å². The predicted molar refractivity (Wildman–Crippen MR) is 62.9 cm³/mol. The number of benzene rings is 1. The molecule has 0 bridgehead atoms. The number of rotatable bonds is 3. The van der Waals surface area contributed by atoms with Crippen molar-refractivity contribution in [3.8, 4) is 0 Å². The highest BCUT2D eigenvalue weighted by molar-refractivity contribution is 9.10. The van der Waals surface area contributed by atoms with Crippen LogP contribution in [0.4, 0.5) is 5.69 Å². The van der Waals surface area contributed by atoms with Gasteiger partial charge in [0, 0.05) is 4.47 Å². The zero-order chi connectivity index (χ0) is 12.1. The lowest BCUT2D eigenvalue weighted by molar-refractivity contribution is -0.139. The van der Waals surface area contributed by atoms with Crippen molar-refractivity contribution in [3.63, 3.8) is 0 Å². The van der Waals surface area contributed by atoms with Crippen LogP contribution >= 0.6 is 15.9 Å². The molecule has 0 atom stereocenters. The maximum absolute atomic E-state index is 11.6. The molecule has 0 aliphatic heterocycles. The molecule has 86 valence electrons. The summed E-state index contributed by atoms with van der Waals surface area (Å²) in [5.74, 6) is -0.925. The molecule has 0 spiro atoms. The molecule has 0 saturated carbocycles. The van der Waals surface area contributed by atoms with Gasteiger partial charge in [0.15, 0.2) is 0 Å². The third-order valence-electron chi connectivity index (χ3n) is 1.92. The Labute approximate surface area is 101 Å². The van der Waals surface area contributed by atoms with E-state index in [1.807, 2.05) is 0 Å². The molecule has 0 radical (unpaired) electrons. The van der Waals surface area contributed by atoms with Gasteiger partial charge in [0.1, 0.15) is 6.54 Å². The van der Waals surface area contributed by atoms with Crippen molar-refractivity contribution in [2.24, 2.45) is 0 Å². The number of amides is 1. The zero-order valence-corrected chi connectivity index (χ0v) is 10.2. The molecule has 5 nitrogen and oxygen atoms in total. The summed E-state index contributed by atoms with van der Waals surface area (Å²) in [4.78, 5) is 22.4. The molecule has 0 heterocycles. The first-order valence-electron chi connectivity index (χ1n) is 4.45. The number of nitrogens with two attached hydrogens (primary N) is 1. The maximum Gasteiger partial charge on any atom is 0.325 e. The fraction of sp³-hybridized carbons (Fsp3) is 0.200. The molecule has 6 heteroatoms. The number of nitrogens with one attached hydrogen (secondary N) is 1. The van der Waals surface area contributed by atoms with Crippen molar-refractivity contribution in [2.75, 3.05) is 19.4 Å². The van der Waals surface area contributed by atoms with Gasteiger partial charge in [0.05, 0.1) is 18.4 Å². The second kappa shape index (κ2) is 5.50. The van der Waals surface area contributed by atoms with Crippen LogP contribution in [0.1, 0.15) is 10.4 Å². The molecule has 0 aromatic heterocycles. The maximum atomic E-state index is 11.6. The van der Waals surface area contributed by atoms with Crippen LogP contribution in [-0.2, 0) is 9.53 Å². The van der Waals surface area contributed by atoms with Gasteiger partial charge in [0.25, 0.3) is 5.91 Å². The van der Waals surface area contributed by atoms with Crippen molar-refractivity contribution < 1.29 is 14.3 Å². The summed E-state index contributed by atoms with van der Waals surface area (Å²) in [7, 11) is 1.25. The summed E-state index contributed by atoms with van der Waals surface area (Å²) < 4.78 is 5.03. The van der Waals surface area contributed by atoms with Gasteiger partial charge in [-0.15, -0.1) is 0 Å². The van der Waals surface area contributed by atoms with Gasteiger partial charge in [-0.25, -0.2) is 0 Å². The van der Waals surface area contributed by atoms with Gasteiger partial charge >= 0.3 is 5.97 Å². The van der Waals surface area contributed by atoms with Crippen LogP contribution in [0.2, 0.25) is 0 Å². The highest BCUT2D eigenvalue weighted by Crippen LogP contribution is 2.22. The Hall–Kier alpha value is -1.56. The fourth-order valence-electron chi connectivity index (χ4n) is 1.05. The van der Waals surface area contributed by atoms with Crippen LogP contribution in [0.5, 0.6) is 0 Å². The minimum Gasteiger partial charge on any atom is -0.468 e. The summed E-state index contributed by atoms with van der Waals surface area (Å²) in [6.45, 7) is -0.179. The van der Waals surface area contributed by atoms with Gasteiger partial charge in [-0.1, -0.05) is 6.07 Å². The van der Waals surface area contributed by atoms with Crippen molar-refractivity contribution in [3.05, 3.63) is 28.2 Å². The van der Waals surface area contributed by atoms with Crippen molar-refractivity contribution >= 4 is 33.5 Å². The highest BCUT2D eigenvalue weighted by Gasteiger charge is 2.12. The second-order valence-corrected chi connectivity index (χ2v) is 3.81. The van der Waals surface area contributed by atoms with Gasteiger partial charge in [-0.05, 0) is 28.1 Å². The van der Waals surface area contributed by atoms with E-state index in [0.717, 1.165) is 0 Å². The molecule has 0 fully saturated rings. The average Bonchev–Trinajstić information content (AvgIpc) is 2.29. The molecular formula is C10H11BrN2O3. The third-order valence-corrected chi connectivity index (χ3v) is 2.61. The Balaban J connectivity index is 2.74. The molecule has 0 unspecified atom stereocenters. The SMILES string of the molecule is COC(=O)CNC(=O)c1cccc(Br)c1N. The smallest absolute Gasteiger partial charge is 0.325 e. The van der Waals surface area contributed by atoms with Crippen LogP contribution in [0.15, 0.2) is 22.7 Å². The van der Waals surface area contributed by atoms with E-state index in [4.69, 9.17) is 5.73 Å². The fourth-order valence-corrected chi connectivity index (χ4v) is 1.42. The van der Waals surface area contributed by atoms with Crippen molar-refractivity contribution in [1.82, 2.24) is 5.32 Å². The number of hydrogen-bond donors (Lipinski definition) is 2. The summed E-state index contributed by atoms with van der Waals surface area (Å²) in [6.07, 6.45) is 0. The number of para-hydroxylation sites is 1. The number of anilines is 1. The number of nitrogen functional groups attached to an aromatic ring is 1. The van der Waals surface area contributed by atoms with Crippen LogP contribution in [-0.4, -0.2) is 25.5 Å². The summed E-state index contributed by atoms with van der Waals surface area (Å²) in [5, 5.41) is 2.40. The lowest BCUT2D eigenvalue weighted by Gasteiger charge is -2.07. The molecular weight excluding hydrogens is 276 g/mol. The minimum absolute atomic E-state index is 0.179. The third kappa shape index (κ3) is 2.96. The Morgan fingerprint density at radius 3 is 2.81 bits per heavy atom. The molecule has 1 rings (SSSR count). The van der Waals surface area contributed by atoms with Gasteiger partial charge < -0.3 is 15.8 Å². The van der Waals surface area contributed by atoms with Crippen molar-refractivity contribution in [1.29, 1.82) is 0 Å². The number of esters is 1. The Morgan fingerprint density at radius 2 is 2.19 bits per heavy atom. The molecule has 0 saturated heterocycles. The lowest BCUT2D eigenvalue weighted by Crippen LogP contribution is -2.30. The predicted octanol–water partition coefficient (Wildman–Crippen LogP) is 0.934. The van der Waals surface area contributed by atoms with Crippen molar-refractivity contribution in [2.45, 2.75) is 0 Å². The van der Waals surface area contributed by atoms with E-state index in [1.54, 1.807) is 18.2 Å². The van der Waals surface area contributed by atoms with E-state index in [2.05, 4.69) is 26.0 Å². The first-order chi connectivity index (χ1) is 7.56. The van der Waals surface area contributed by atoms with Gasteiger partial charge in [-0.2, -0.15) is 0 Å². The highest BCUT2D eigenvalue weighted by atomic mass is 79.9. The van der Waals surface area contributed by atoms with Gasteiger partial charge in [0.2, 0.25) is 0 Å². The van der Waals surface area contributed by atoms with E-state index in [9.17, 15) is 9.59 Å². The first-order valence-corrected chi connectivity index (χ1v) is 5.24. The summed E-state index contributed by atoms with van der Waals surface area (Å²) in [5.41, 5.74) is 6.35. The molecule has 0 aliphatic rings. The summed E-state index contributed by atoms with van der Waals surface area (Å²) >= 11 is 3.21. The molecule has 1 aromatic rings. The Bertz CT molecular complexity index is 421. The standard InChI is InChI=1S/C10H11BrN2O3/c1-16-8(14)5-13-10(15)6-3-2-4-7(11)9(6)12/h2-4H,5,12H2,1H3,(H,13,15). The number of hydrogen-bond acceptors (Lipinski definition) is 4. The topological polar surface area (TPSA) is 81.4 Å². The number of ether oxygens (including phenoxy) is 1. The number of halogens is 1. The van der Waals surface area contributed by atoms with Crippen LogP contribution in [0, 0.1) is 0 Å². The van der Waals surface area contributed by atoms with Crippen LogP contribution in [0.25, 0.3) is 0 Å². The number of carbonyl (C=O) groups is 2. The van der Waals surface area contributed by atoms with Gasteiger partial charge in [-0.3, -0.25) is 9.59 Å². The molecule has 0 aliphatic carbocycles. The monoisotopic (exact) mass is 286 g/mol. The van der Waals surface area contributed by atoms with Crippen LogP contribution < -0.4 is 11.1 Å². The quantitative estimate of drug-likeness (QED) is 0.640. The Morgan fingerprint density at radius 1 is 1.50 bits per heavy atom. The molecule has 1 amide bonds. The largest absolute Gasteiger partial charge is 0.468 e. The minimum atomic E-state index is -0.512. The average molecular weight is 287 g/mol. The van der Waals surface area contributed by atoms with E-state index >= 15 is 0 Å². The van der Waals surface area contributed by atoms with E-state index in [1.165, 1.54) is 7.11 Å².